The third kappa shape index (κ3) is 8.48. The molecule has 0 aromatic heterocycles. The maximum Gasteiger partial charge on any atom is 0.240 e. The highest BCUT2D eigenvalue weighted by Crippen LogP contribution is 2.08. The lowest BCUT2D eigenvalue weighted by Gasteiger charge is -2.01. The number of nitrogens with zero attached hydrogens (tertiary/aromatic N) is 2. The van der Waals surface area contributed by atoms with Crippen molar-refractivity contribution in [1.82, 2.24) is 10.9 Å². The Bertz CT molecular complexity index is 749. The average Bonchev–Trinajstić information content (AvgIpc) is 2.65. The van der Waals surface area contributed by atoms with Crippen LogP contribution in [0.4, 0.5) is 0 Å². The molecule has 2 aromatic carbocycles. The van der Waals surface area contributed by atoms with Crippen molar-refractivity contribution in [3.63, 3.8) is 0 Å². The number of nitrogens with one attached hydrogen (secondary N) is 2. The van der Waals surface area contributed by atoms with Crippen molar-refractivity contribution in [3.05, 3.63) is 69.7 Å². The predicted octanol–water partition coefficient (Wildman–Crippen LogP) is 3.76. The van der Waals surface area contributed by atoms with Crippen molar-refractivity contribution in [1.29, 1.82) is 0 Å². The lowest BCUT2D eigenvalue weighted by atomic mass is 10.2. The molecule has 0 heterocycles. The van der Waals surface area contributed by atoms with Crippen molar-refractivity contribution in [2.45, 2.75) is 19.3 Å². The second-order valence-electron chi connectivity index (χ2n) is 5.54. The van der Waals surface area contributed by atoms with Crippen molar-refractivity contribution >= 4 is 47.4 Å². The molecule has 0 fully saturated rings. The van der Waals surface area contributed by atoms with Gasteiger partial charge in [-0.3, -0.25) is 9.59 Å². The van der Waals surface area contributed by atoms with Gasteiger partial charge in [0, 0.05) is 22.9 Å². The molecule has 0 radical (unpaired) electrons. The zero-order chi connectivity index (χ0) is 19.5. The minimum atomic E-state index is -0.266. The topological polar surface area (TPSA) is 82.9 Å². The molecule has 0 aliphatic carbocycles. The third-order valence-electron chi connectivity index (χ3n) is 3.35. The Morgan fingerprint density at radius 1 is 0.741 bits per heavy atom. The fourth-order valence-corrected chi connectivity index (χ4v) is 2.23. The monoisotopic (exact) mass is 404 g/mol. The largest absolute Gasteiger partial charge is 0.273 e. The van der Waals surface area contributed by atoms with E-state index < -0.39 is 0 Å². The number of carbonyl (C=O) groups is 2. The molecule has 0 saturated carbocycles. The van der Waals surface area contributed by atoms with Gasteiger partial charge in [0.25, 0.3) is 0 Å². The number of hydrogen-bond acceptors (Lipinski definition) is 4. The zero-order valence-corrected chi connectivity index (χ0v) is 15.9. The Hall–Kier alpha value is -2.70. The number of hydrazone groups is 2. The Kier molecular flexibility index (Phi) is 8.48. The van der Waals surface area contributed by atoms with Crippen LogP contribution in [0.5, 0.6) is 0 Å². The summed E-state index contributed by atoms with van der Waals surface area (Å²) in [4.78, 5) is 23.4. The van der Waals surface area contributed by atoms with Gasteiger partial charge in [-0.1, -0.05) is 47.5 Å². The van der Waals surface area contributed by atoms with E-state index in [1.807, 2.05) is 0 Å². The minimum Gasteiger partial charge on any atom is -0.273 e. The quantitative estimate of drug-likeness (QED) is 0.518. The normalized spacial score (nSPS) is 11.0. The van der Waals surface area contributed by atoms with E-state index in [4.69, 9.17) is 23.2 Å². The highest BCUT2D eigenvalue weighted by molar-refractivity contribution is 6.30. The lowest BCUT2D eigenvalue weighted by Crippen LogP contribution is -2.20. The first-order valence-corrected chi connectivity index (χ1v) is 8.93. The fraction of sp³-hybridized carbons (Fsp3) is 0.158. The Balaban J connectivity index is 1.61. The number of hydrogen-bond donors (Lipinski definition) is 2. The van der Waals surface area contributed by atoms with E-state index in [9.17, 15) is 9.59 Å². The van der Waals surface area contributed by atoms with Crippen molar-refractivity contribution in [2.24, 2.45) is 10.2 Å². The predicted molar refractivity (Wildman–Crippen MR) is 108 cm³/mol. The van der Waals surface area contributed by atoms with E-state index in [0.717, 1.165) is 11.1 Å². The van der Waals surface area contributed by atoms with Gasteiger partial charge in [0.05, 0.1) is 12.4 Å². The molecule has 0 saturated heterocycles. The first-order valence-electron chi connectivity index (χ1n) is 8.18. The summed E-state index contributed by atoms with van der Waals surface area (Å²) < 4.78 is 0. The molecular weight excluding hydrogens is 387 g/mol. The molecule has 27 heavy (non-hydrogen) atoms. The van der Waals surface area contributed by atoms with Crippen LogP contribution in [-0.4, -0.2) is 24.2 Å². The number of carbonyl (C=O) groups excluding carboxylic acids is 2. The van der Waals surface area contributed by atoms with Gasteiger partial charge in [-0.05, 0) is 41.8 Å². The first-order chi connectivity index (χ1) is 13.0. The number of amides is 2. The van der Waals surface area contributed by atoms with Crippen LogP contribution in [-0.2, 0) is 9.59 Å². The van der Waals surface area contributed by atoms with Crippen LogP contribution in [0.1, 0.15) is 30.4 Å². The molecular formula is C19H18Cl2N4O2. The molecule has 0 atom stereocenters. The first kappa shape index (κ1) is 20.6. The molecule has 2 N–H and O–H groups in total. The summed E-state index contributed by atoms with van der Waals surface area (Å²) in [6.07, 6.45) is 3.81. The second-order valence-corrected chi connectivity index (χ2v) is 6.42. The van der Waals surface area contributed by atoms with Gasteiger partial charge in [0.1, 0.15) is 0 Å². The van der Waals surface area contributed by atoms with Gasteiger partial charge < -0.3 is 0 Å². The fourth-order valence-electron chi connectivity index (χ4n) is 1.98. The summed E-state index contributed by atoms with van der Waals surface area (Å²) in [6.45, 7) is 0. The summed E-state index contributed by atoms with van der Waals surface area (Å²) in [5.74, 6) is -0.532. The Morgan fingerprint density at radius 3 is 1.48 bits per heavy atom. The summed E-state index contributed by atoms with van der Waals surface area (Å²) in [6, 6.07) is 14.1. The van der Waals surface area contributed by atoms with Gasteiger partial charge in [-0.2, -0.15) is 10.2 Å². The van der Waals surface area contributed by atoms with E-state index in [1.165, 1.54) is 12.4 Å². The van der Waals surface area contributed by atoms with Crippen LogP contribution in [0.3, 0.4) is 0 Å². The highest BCUT2D eigenvalue weighted by Gasteiger charge is 2.03. The number of rotatable bonds is 8. The van der Waals surface area contributed by atoms with Crippen molar-refractivity contribution in [2.75, 3.05) is 0 Å². The maximum absolute atomic E-state index is 11.7. The minimum absolute atomic E-state index is 0.187. The van der Waals surface area contributed by atoms with E-state index in [1.54, 1.807) is 48.5 Å². The van der Waals surface area contributed by atoms with Crippen LogP contribution >= 0.6 is 23.2 Å². The molecule has 2 amide bonds. The number of halogens is 2. The summed E-state index contributed by atoms with van der Waals surface area (Å²) in [5.41, 5.74) is 6.46. The van der Waals surface area contributed by atoms with Gasteiger partial charge >= 0.3 is 0 Å². The van der Waals surface area contributed by atoms with Crippen LogP contribution in [0.15, 0.2) is 58.7 Å². The molecule has 140 valence electrons. The molecule has 0 aliphatic rings. The Morgan fingerprint density at radius 2 is 1.11 bits per heavy atom. The maximum atomic E-state index is 11.7. The van der Waals surface area contributed by atoms with E-state index >= 15 is 0 Å². The van der Waals surface area contributed by atoms with Crippen LogP contribution in [0.25, 0.3) is 0 Å². The van der Waals surface area contributed by atoms with Crippen molar-refractivity contribution in [3.8, 4) is 0 Å². The van der Waals surface area contributed by atoms with Crippen LogP contribution in [0, 0.1) is 0 Å². The molecule has 6 nitrogen and oxygen atoms in total. The second kappa shape index (κ2) is 11.1. The summed E-state index contributed by atoms with van der Waals surface area (Å²) >= 11 is 11.6. The molecule has 0 unspecified atom stereocenters. The lowest BCUT2D eigenvalue weighted by molar-refractivity contribution is -0.122. The average molecular weight is 405 g/mol. The molecule has 0 spiro atoms. The van der Waals surface area contributed by atoms with Gasteiger partial charge in [-0.15, -0.1) is 0 Å². The Labute approximate surface area is 167 Å². The smallest absolute Gasteiger partial charge is 0.240 e. The van der Waals surface area contributed by atoms with Crippen LogP contribution in [0.2, 0.25) is 10.0 Å². The molecule has 2 rings (SSSR count). The third-order valence-corrected chi connectivity index (χ3v) is 3.86. The molecule has 8 heteroatoms. The standard InChI is InChI=1S/C19H18Cl2N4O2/c20-16-8-4-14(5-9-16)12-22-24-18(26)2-1-3-19(27)25-23-13-15-6-10-17(21)11-7-15/h4-13H,1-3H2,(H,24,26)(H,25,27). The van der Waals surface area contributed by atoms with Gasteiger partial charge in [0.2, 0.25) is 11.8 Å². The summed E-state index contributed by atoms with van der Waals surface area (Å²) in [5, 5.41) is 8.98. The molecule has 0 aliphatic heterocycles. The van der Waals surface area contributed by atoms with Crippen molar-refractivity contribution < 1.29 is 9.59 Å². The van der Waals surface area contributed by atoms with E-state index in [2.05, 4.69) is 21.1 Å². The highest BCUT2D eigenvalue weighted by atomic mass is 35.5. The number of benzene rings is 2. The molecule has 2 aromatic rings. The van der Waals surface area contributed by atoms with E-state index in [-0.39, 0.29) is 24.7 Å². The zero-order valence-electron chi connectivity index (χ0n) is 14.4. The SMILES string of the molecule is O=C(CCCC(=O)NN=Cc1ccc(Cl)cc1)NN=Cc1ccc(Cl)cc1. The molecule has 0 bridgehead atoms. The van der Waals surface area contributed by atoms with Gasteiger partial charge in [-0.25, -0.2) is 10.9 Å². The van der Waals surface area contributed by atoms with Gasteiger partial charge in [0.15, 0.2) is 0 Å². The van der Waals surface area contributed by atoms with Crippen LogP contribution < -0.4 is 10.9 Å². The summed E-state index contributed by atoms with van der Waals surface area (Å²) in [7, 11) is 0. The van der Waals surface area contributed by atoms with E-state index in [0.29, 0.717) is 16.5 Å².